The first-order valence-electron chi connectivity index (χ1n) is 11.8. The van der Waals surface area contributed by atoms with Gasteiger partial charge in [0.25, 0.3) is 0 Å². The molecule has 0 aliphatic rings. The summed E-state index contributed by atoms with van der Waals surface area (Å²) in [5.74, 6) is 1.00. The Morgan fingerprint density at radius 1 is 0.909 bits per heavy atom. The predicted molar refractivity (Wildman–Crippen MR) is 148 cm³/mol. The second-order valence-corrected chi connectivity index (χ2v) is 11.0. The SMILES string of the molecule is CCC(C)(C)c1ccc(OCCCCNC(=S)Nc2ccc(Cl)c(Cl)c2)c(C(C)(C)CC)c1. The fourth-order valence-electron chi connectivity index (χ4n) is 3.36. The van der Waals surface area contributed by atoms with Crippen molar-refractivity contribution in [1.82, 2.24) is 5.32 Å². The van der Waals surface area contributed by atoms with Crippen molar-refractivity contribution in [2.75, 3.05) is 18.5 Å². The molecule has 2 rings (SSSR count). The van der Waals surface area contributed by atoms with Crippen LogP contribution >= 0.6 is 35.4 Å². The van der Waals surface area contributed by atoms with E-state index in [9.17, 15) is 0 Å². The van der Waals surface area contributed by atoms with Crippen LogP contribution < -0.4 is 15.4 Å². The van der Waals surface area contributed by atoms with E-state index in [1.807, 2.05) is 6.07 Å². The van der Waals surface area contributed by atoms with Crippen LogP contribution in [0.25, 0.3) is 0 Å². The fraction of sp³-hybridized carbons (Fsp3) is 0.519. The number of anilines is 1. The summed E-state index contributed by atoms with van der Waals surface area (Å²) < 4.78 is 6.25. The molecule has 0 atom stereocenters. The van der Waals surface area contributed by atoms with Crippen LogP contribution in [0.2, 0.25) is 10.0 Å². The van der Waals surface area contributed by atoms with Gasteiger partial charge in [0, 0.05) is 17.8 Å². The van der Waals surface area contributed by atoms with Gasteiger partial charge in [0.15, 0.2) is 5.11 Å². The van der Waals surface area contributed by atoms with Gasteiger partial charge in [0.2, 0.25) is 0 Å². The lowest BCUT2D eigenvalue weighted by Crippen LogP contribution is -2.29. The third kappa shape index (κ3) is 8.05. The van der Waals surface area contributed by atoms with Gasteiger partial charge in [0.05, 0.1) is 16.7 Å². The van der Waals surface area contributed by atoms with Gasteiger partial charge in [0.1, 0.15) is 5.75 Å². The Morgan fingerprint density at radius 2 is 1.61 bits per heavy atom. The molecule has 0 unspecified atom stereocenters. The molecular weight excluding hydrogens is 471 g/mol. The monoisotopic (exact) mass is 508 g/mol. The van der Waals surface area contributed by atoms with Crippen molar-refractivity contribution in [3.63, 3.8) is 0 Å². The van der Waals surface area contributed by atoms with Crippen LogP contribution in [0, 0.1) is 0 Å². The molecule has 6 heteroatoms. The lowest BCUT2D eigenvalue weighted by atomic mass is 9.76. The third-order valence-electron chi connectivity index (χ3n) is 6.55. The Bertz CT molecular complexity index is 944. The Morgan fingerprint density at radius 3 is 2.24 bits per heavy atom. The summed E-state index contributed by atoms with van der Waals surface area (Å²) >= 11 is 17.4. The van der Waals surface area contributed by atoms with Crippen LogP contribution in [-0.4, -0.2) is 18.3 Å². The first-order valence-corrected chi connectivity index (χ1v) is 12.9. The van der Waals surface area contributed by atoms with Crippen LogP contribution in [0.1, 0.15) is 78.4 Å². The van der Waals surface area contributed by atoms with Gasteiger partial charge in [-0.05, 0) is 78.6 Å². The van der Waals surface area contributed by atoms with E-state index in [2.05, 4.69) is 70.4 Å². The van der Waals surface area contributed by atoms with Crippen LogP contribution in [0.3, 0.4) is 0 Å². The van der Waals surface area contributed by atoms with E-state index in [1.54, 1.807) is 12.1 Å². The molecule has 0 amide bonds. The summed E-state index contributed by atoms with van der Waals surface area (Å²) in [4.78, 5) is 0. The summed E-state index contributed by atoms with van der Waals surface area (Å²) in [6, 6.07) is 12.1. The highest BCUT2D eigenvalue weighted by atomic mass is 35.5. The zero-order valence-corrected chi connectivity index (χ0v) is 23.1. The fourth-order valence-corrected chi connectivity index (χ4v) is 3.88. The van der Waals surface area contributed by atoms with Gasteiger partial charge in [-0.3, -0.25) is 0 Å². The maximum atomic E-state index is 6.25. The van der Waals surface area contributed by atoms with Crippen molar-refractivity contribution < 1.29 is 4.74 Å². The zero-order chi connectivity index (χ0) is 24.6. The Labute approximate surface area is 215 Å². The minimum atomic E-state index is 0.0686. The maximum Gasteiger partial charge on any atom is 0.170 e. The van der Waals surface area contributed by atoms with Gasteiger partial charge < -0.3 is 15.4 Å². The molecular formula is C27H38Cl2N2OS. The van der Waals surface area contributed by atoms with Gasteiger partial charge >= 0.3 is 0 Å². The number of ether oxygens (including phenoxy) is 1. The molecule has 0 aromatic heterocycles. The zero-order valence-electron chi connectivity index (χ0n) is 20.8. The minimum absolute atomic E-state index is 0.0686. The molecule has 0 fully saturated rings. The summed E-state index contributed by atoms with van der Waals surface area (Å²) in [6.45, 7) is 15.1. The summed E-state index contributed by atoms with van der Waals surface area (Å²) in [7, 11) is 0. The summed E-state index contributed by atoms with van der Waals surface area (Å²) in [5, 5.41) is 7.94. The topological polar surface area (TPSA) is 33.3 Å². The molecule has 182 valence electrons. The molecule has 0 heterocycles. The molecule has 0 aliphatic heterocycles. The highest BCUT2D eigenvalue weighted by Gasteiger charge is 2.26. The number of hydrogen-bond donors (Lipinski definition) is 2. The number of hydrogen-bond acceptors (Lipinski definition) is 2. The average molecular weight is 510 g/mol. The highest BCUT2D eigenvalue weighted by Crippen LogP contribution is 2.38. The molecule has 0 saturated carbocycles. The van der Waals surface area contributed by atoms with E-state index in [0.29, 0.717) is 21.8 Å². The molecule has 2 aromatic carbocycles. The predicted octanol–water partition coefficient (Wildman–Crippen LogP) is 8.51. The Balaban J connectivity index is 1.85. The highest BCUT2D eigenvalue weighted by molar-refractivity contribution is 7.80. The second-order valence-electron chi connectivity index (χ2n) is 9.75. The van der Waals surface area contributed by atoms with Crippen molar-refractivity contribution >= 4 is 46.2 Å². The van der Waals surface area contributed by atoms with Crippen molar-refractivity contribution in [2.24, 2.45) is 0 Å². The maximum absolute atomic E-state index is 6.25. The molecule has 2 aromatic rings. The molecule has 0 bridgehead atoms. The summed E-state index contributed by atoms with van der Waals surface area (Å²) in [6.07, 6.45) is 4.06. The normalized spacial score (nSPS) is 11.9. The largest absolute Gasteiger partial charge is 0.493 e. The number of halogens is 2. The standard InChI is InChI=1S/C27H38Cl2N2OS/c1-7-26(3,4)19-11-14-24(21(17-19)27(5,6)8-2)32-16-10-9-15-30-25(33)31-20-12-13-22(28)23(29)18-20/h11-14,17-18H,7-10,15-16H2,1-6H3,(H2,30,31,33). The molecule has 0 spiro atoms. The third-order valence-corrected chi connectivity index (χ3v) is 7.54. The Hall–Kier alpha value is -1.49. The van der Waals surface area contributed by atoms with E-state index < -0.39 is 0 Å². The van der Waals surface area contributed by atoms with E-state index in [0.717, 1.165) is 43.7 Å². The van der Waals surface area contributed by atoms with Gasteiger partial charge in [-0.15, -0.1) is 0 Å². The average Bonchev–Trinajstić information content (AvgIpc) is 2.78. The number of benzene rings is 2. The molecule has 0 radical (unpaired) electrons. The number of thiocarbonyl (C=S) groups is 1. The molecule has 3 nitrogen and oxygen atoms in total. The summed E-state index contributed by atoms with van der Waals surface area (Å²) in [5.41, 5.74) is 3.72. The molecule has 0 saturated heterocycles. The van der Waals surface area contributed by atoms with E-state index in [1.165, 1.54) is 11.1 Å². The van der Waals surface area contributed by atoms with Gasteiger partial charge in [-0.1, -0.05) is 76.9 Å². The van der Waals surface area contributed by atoms with E-state index in [4.69, 9.17) is 40.2 Å². The van der Waals surface area contributed by atoms with Crippen LogP contribution in [-0.2, 0) is 10.8 Å². The van der Waals surface area contributed by atoms with Gasteiger partial charge in [-0.2, -0.15) is 0 Å². The molecule has 2 N–H and O–H groups in total. The molecule has 33 heavy (non-hydrogen) atoms. The quantitative estimate of drug-likeness (QED) is 0.235. The number of unbranched alkanes of at least 4 members (excludes halogenated alkanes) is 1. The van der Waals surface area contributed by atoms with Crippen molar-refractivity contribution in [3.8, 4) is 5.75 Å². The van der Waals surface area contributed by atoms with Crippen molar-refractivity contribution in [2.45, 2.75) is 78.1 Å². The van der Waals surface area contributed by atoms with E-state index >= 15 is 0 Å². The smallest absolute Gasteiger partial charge is 0.170 e. The number of nitrogens with one attached hydrogen (secondary N) is 2. The van der Waals surface area contributed by atoms with Crippen LogP contribution in [0.4, 0.5) is 5.69 Å². The van der Waals surface area contributed by atoms with Crippen LogP contribution in [0.15, 0.2) is 36.4 Å². The first-order chi connectivity index (χ1) is 15.5. The first kappa shape index (κ1) is 27.8. The van der Waals surface area contributed by atoms with Crippen molar-refractivity contribution in [3.05, 3.63) is 57.6 Å². The molecule has 0 aliphatic carbocycles. The lowest BCUT2D eigenvalue weighted by Gasteiger charge is -2.30. The van der Waals surface area contributed by atoms with Crippen molar-refractivity contribution in [1.29, 1.82) is 0 Å². The minimum Gasteiger partial charge on any atom is -0.493 e. The second kappa shape index (κ2) is 12.3. The van der Waals surface area contributed by atoms with E-state index in [-0.39, 0.29) is 10.8 Å². The number of rotatable bonds is 11. The lowest BCUT2D eigenvalue weighted by molar-refractivity contribution is 0.296. The Kier molecular flexibility index (Phi) is 10.3. The van der Waals surface area contributed by atoms with Crippen LogP contribution in [0.5, 0.6) is 5.75 Å². The van der Waals surface area contributed by atoms with Gasteiger partial charge in [-0.25, -0.2) is 0 Å².